The van der Waals surface area contributed by atoms with Crippen molar-refractivity contribution in [1.82, 2.24) is 10.2 Å². The summed E-state index contributed by atoms with van der Waals surface area (Å²) >= 11 is 0. The van der Waals surface area contributed by atoms with E-state index in [0.717, 1.165) is 11.3 Å². The van der Waals surface area contributed by atoms with Crippen LogP contribution >= 0.6 is 0 Å². The fourth-order valence-electron chi connectivity index (χ4n) is 2.37. The van der Waals surface area contributed by atoms with E-state index in [2.05, 4.69) is 15.5 Å². The molecule has 1 fully saturated rings. The number of carbonyl (C=O) groups is 1. The second-order valence-electron chi connectivity index (χ2n) is 5.23. The van der Waals surface area contributed by atoms with Gasteiger partial charge in [0.15, 0.2) is 5.82 Å². The molecule has 3 rings (SSSR count). The van der Waals surface area contributed by atoms with Crippen molar-refractivity contribution in [2.24, 2.45) is 0 Å². The molecule has 0 atom stereocenters. The molecule has 5 nitrogen and oxygen atoms in total. The molecule has 1 amide bonds. The maximum absolute atomic E-state index is 11.9. The molecule has 1 saturated carbocycles. The molecule has 0 saturated heterocycles. The van der Waals surface area contributed by atoms with E-state index in [1.165, 1.54) is 19.3 Å². The Bertz CT molecular complexity index is 617. The summed E-state index contributed by atoms with van der Waals surface area (Å²) in [7, 11) is 0. The molecule has 2 aromatic rings. The van der Waals surface area contributed by atoms with Crippen LogP contribution in [-0.2, 0) is 11.2 Å². The van der Waals surface area contributed by atoms with Crippen LogP contribution in [0.1, 0.15) is 36.4 Å². The molecule has 0 radical (unpaired) electrons. The Morgan fingerprint density at radius 2 is 2.25 bits per heavy atom. The van der Waals surface area contributed by atoms with E-state index in [9.17, 15) is 9.90 Å². The molecule has 20 heavy (non-hydrogen) atoms. The number of benzene rings is 1. The Morgan fingerprint density at radius 1 is 1.40 bits per heavy atom. The molecular weight excluding hydrogens is 254 g/mol. The predicted molar refractivity (Wildman–Crippen MR) is 75.6 cm³/mol. The van der Waals surface area contributed by atoms with Crippen LogP contribution in [-0.4, -0.2) is 21.2 Å². The highest BCUT2D eigenvalue weighted by atomic mass is 16.3. The molecule has 0 spiro atoms. The fourth-order valence-corrected chi connectivity index (χ4v) is 2.37. The highest BCUT2D eigenvalue weighted by molar-refractivity contribution is 5.91. The van der Waals surface area contributed by atoms with E-state index >= 15 is 0 Å². The van der Waals surface area contributed by atoms with Crippen LogP contribution in [0.4, 0.5) is 5.82 Å². The molecule has 0 bridgehead atoms. The molecule has 1 aliphatic rings. The van der Waals surface area contributed by atoms with Gasteiger partial charge in [0.1, 0.15) is 5.75 Å². The van der Waals surface area contributed by atoms with Crippen molar-refractivity contribution in [2.75, 3.05) is 5.32 Å². The fraction of sp³-hybridized carbons (Fsp3) is 0.333. The third kappa shape index (κ3) is 2.82. The van der Waals surface area contributed by atoms with Gasteiger partial charge in [-0.05, 0) is 30.5 Å². The first-order valence-corrected chi connectivity index (χ1v) is 6.84. The molecule has 104 valence electrons. The van der Waals surface area contributed by atoms with Gasteiger partial charge in [0.2, 0.25) is 5.91 Å². The average molecular weight is 271 g/mol. The van der Waals surface area contributed by atoms with Crippen molar-refractivity contribution in [3.8, 4) is 5.75 Å². The highest BCUT2D eigenvalue weighted by Crippen LogP contribution is 2.35. The van der Waals surface area contributed by atoms with Crippen molar-refractivity contribution < 1.29 is 9.90 Å². The molecular formula is C15H17N3O2. The van der Waals surface area contributed by atoms with Gasteiger partial charge in [-0.2, -0.15) is 5.10 Å². The van der Waals surface area contributed by atoms with Gasteiger partial charge in [0.05, 0.1) is 6.42 Å². The summed E-state index contributed by atoms with van der Waals surface area (Å²) in [6, 6.07) is 8.61. The number of aromatic amines is 1. The third-order valence-electron chi connectivity index (χ3n) is 3.69. The van der Waals surface area contributed by atoms with Gasteiger partial charge in [-0.1, -0.05) is 18.6 Å². The Kier molecular flexibility index (Phi) is 3.41. The zero-order chi connectivity index (χ0) is 13.9. The number of H-pyrrole nitrogens is 1. The van der Waals surface area contributed by atoms with E-state index in [4.69, 9.17) is 0 Å². The highest BCUT2D eigenvalue weighted by Gasteiger charge is 2.21. The number of nitrogens with one attached hydrogen (secondary N) is 2. The zero-order valence-electron chi connectivity index (χ0n) is 11.1. The average Bonchev–Trinajstić information content (AvgIpc) is 2.74. The summed E-state index contributed by atoms with van der Waals surface area (Å²) in [4.78, 5) is 11.9. The third-order valence-corrected chi connectivity index (χ3v) is 3.69. The minimum atomic E-state index is -0.137. The largest absolute Gasteiger partial charge is 0.508 e. The molecule has 5 heteroatoms. The number of hydrogen-bond donors (Lipinski definition) is 3. The minimum absolute atomic E-state index is 0.137. The second kappa shape index (κ2) is 5.36. The Labute approximate surface area is 117 Å². The van der Waals surface area contributed by atoms with Crippen molar-refractivity contribution >= 4 is 11.7 Å². The topological polar surface area (TPSA) is 78.0 Å². The van der Waals surface area contributed by atoms with Gasteiger partial charge in [-0.3, -0.25) is 9.89 Å². The van der Waals surface area contributed by atoms with Gasteiger partial charge in [0, 0.05) is 17.7 Å². The lowest BCUT2D eigenvalue weighted by Gasteiger charge is -2.23. The summed E-state index contributed by atoms with van der Waals surface area (Å²) in [5, 5.41) is 19.2. The van der Waals surface area contributed by atoms with Gasteiger partial charge in [-0.25, -0.2) is 0 Å². The second-order valence-corrected chi connectivity index (χ2v) is 5.23. The van der Waals surface area contributed by atoms with Crippen molar-refractivity contribution in [3.05, 3.63) is 41.6 Å². The smallest absolute Gasteiger partial charge is 0.229 e. The lowest BCUT2D eigenvalue weighted by atomic mass is 9.83. The summed E-state index contributed by atoms with van der Waals surface area (Å²) in [5.41, 5.74) is 1.88. The van der Waals surface area contributed by atoms with E-state index in [0.29, 0.717) is 11.7 Å². The number of aromatic hydroxyl groups is 1. The lowest BCUT2D eigenvalue weighted by Crippen LogP contribution is -2.14. The van der Waals surface area contributed by atoms with Crippen LogP contribution < -0.4 is 5.32 Å². The van der Waals surface area contributed by atoms with Crippen LogP contribution in [0.3, 0.4) is 0 Å². The number of aromatic nitrogens is 2. The maximum Gasteiger partial charge on any atom is 0.229 e. The first kappa shape index (κ1) is 12.7. The number of amides is 1. The van der Waals surface area contributed by atoms with E-state index in [1.807, 2.05) is 12.1 Å². The van der Waals surface area contributed by atoms with Crippen molar-refractivity contribution in [2.45, 2.75) is 31.6 Å². The summed E-state index contributed by atoms with van der Waals surface area (Å²) in [5.74, 6) is 1.17. The summed E-state index contributed by atoms with van der Waals surface area (Å²) in [6.45, 7) is 0. The van der Waals surface area contributed by atoms with Crippen molar-refractivity contribution in [1.29, 1.82) is 0 Å². The van der Waals surface area contributed by atoms with Gasteiger partial charge >= 0.3 is 0 Å². The number of phenolic OH excluding ortho intramolecular Hbond substituents is 1. The summed E-state index contributed by atoms with van der Waals surface area (Å²) in [6.07, 6.45) is 3.88. The molecule has 1 aromatic carbocycles. The van der Waals surface area contributed by atoms with E-state index in [-0.39, 0.29) is 18.1 Å². The number of carbonyl (C=O) groups excluding carboxylic acids is 1. The monoisotopic (exact) mass is 271 g/mol. The van der Waals surface area contributed by atoms with E-state index in [1.54, 1.807) is 18.2 Å². The number of anilines is 1. The lowest BCUT2D eigenvalue weighted by molar-refractivity contribution is -0.115. The standard InChI is InChI=1S/C15H17N3O2/c19-12-6-1-3-10(7-12)8-15(20)16-14-9-13(17-18-14)11-4-2-5-11/h1,3,6-7,9,11,19H,2,4-5,8H2,(H2,16,17,18,20). The van der Waals surface area contributed by atoms with Gasteiger partial charge in [0.25, 0.3) is 0 Å². The number of hydrogen-bond acceptors (Lipinski definition) is 3. The maximum atomic E-state index is 11.9. The number of nitrogens with zero attached hydrogens (tertiary/aromatic N) is 1. The molecule has 1 aliphatic carbocycles. The normalized spacial score (nSPS) is 14.8. The number of phenols is 1. The van der Waals surface area contributed by atoms with E-state index < -0.39 is 0 Å². The van der Waals surface area contributed by atoms with Crippen LogP contribution in [0, 0.1) is 0 Å². The molecule has 0 aliphatic heterocycles. The zero-order valence-corrected chi connectivity index (χ0v) is 11.1. The van der Waals surface area contributed by atoms with Gasteiger partial charge in [-0.15, -0.1) is 0 Å². The molecule has 1 heterocycles. The number of rotatable bonds is 4. The minimum Gasteiger partial charge on any atom is -0.508 e. The quantitative estimate of drug-likeness (QED) is 0.799. The molecule has 3 N–H and O–H groups in total. The summed E-state index contributed by atoms with van der Waals surface area (Å²) < 4.78 is 0. The first-order valence-electron chi connectivity index (χ1n) is 6.84. The van der Waals surface area contributed by atoms with Crippen LogP contribution in [0.25, 0.3) is 0 Å². The van der Waals surface area contributed by atoms with Crippen LogP contribution in [0.5, 0.6) is 5.75 Å². The molecule has 0 unspecified atom stereocenters. The Morgan fingerprint density at radius 3 is 2.95 bits per heavy atom. The SMILES string of the molecule is O=C(Cc1cccc(O)c1)Nc1cc(C2CCC2)[nH]n1. The van der Waals surface area contributed by atoms with Crippen molar-refractivity contribution in [3.63, 3.8) is 0 Å². The Hall–Kier alpha value is -2.30. The first-order chi connectivity index (χ1) is 9.70. The van der Waals surface area contributed by atoms with Crippen LogP contribution in [0.15, 0.2) is 30.3 Å². The van der Waals surface area contributed by atoms with Gasteiger partial charge < -0.3 is 10.4 Å². The Balaban J connectivity index is 1.59. The van der Waals surface area contributed by atoms with Crippen LogP contribution in [0.2, 0.25) is 0 Å². The predicted octanol–water partition coefficient (Wildman–Crippen LogP) is 2.56. The molecule has 1 aromatic heterocycles.